The smallest absolute Gasteiger partial charge is 0.328 e. The summed E-state index contributed by atoms with van der Waals surface area (Å²) >= 11 is 0. The molecule has 0 aliphatic carbocycles. The molecule has 0 aliphatic rings. The Balaban J connectivity index is 5.24. The minimum atomic E-state index is -1.75. The van der Waals surface area contributed by atoms with E-state index in [0.29, 0.717) is 0 Å². The van der Waals surface area contributed by atoms with Gasteiger partial charge in [-0.15, -0.1) is 0 Å². The molecule has 176 valence electrons. The summed E-state index contributed by atoms with van der Waals surface area (Å²) in [6, 6.07) is -6.59. The van der Waals surface area contributed by atoms with Crippen LogP contribution in [0.3, 0.4) is 0 Å². The third kappa shape index (κ3) is 10.3. The zero-order valence-corrected chi connectivity index (χ0v) is 16.5. The zero-order chi connectivity index (χ0) is 24.3. The van der Waals surface area contributed by atoms with E-state index in [0.717, 1.165) is 6.92 Å². The largest absolute Gasteiger partial charge is 0.481 e. The van der Waals surface area contributed by atoms with Crippen molar-refractivity contribution in [3.63, 3.8) is 0 Å². The number of rotatable bonds is 14. The van der Waals surface area contributed by atoms with Crippen molar-refractivity contribution < 1.29 is 54.3 Å². The maximum Gasteiger partial charge on any atom is 0.328 e. The molecule has 15 heteroatoms. The number of aliphatic hydroxyl groups is 2. The Kier molecular flexibility index (Phi) is 11.7. The van der Waals surface area contributed by atoms with Crippen LogP contribution in [0.5, 0.6) is 0 Å². The van der Waals surface area contributed by atoms with Crippen molar-refractivity contribution in [1.29, 1.82) is 0 Å². The Morgan fingerprint density at radius 3 is 1.77 bits per heavy atom. The van der Waals surface area contributed by atoms with Gasteiger partial charge >= 0.3 is 17.9 Å². The number of nitrogens with one attached hydrogen (secondary N) is 3. The zero-order valence-electron chi connectivity index (χ0n) is 16.5. The second-order valence-corrected chi connectivity index (χ2v) is 6.51. The third-order valence-electron chi connectivity index (χ3n) is 3.88. The van der Waals surface area contributed by atoms with E-state index in [1.165, 1.54) is 0 Å². The minimum absolute atomic E-state index is 0.291. The van der Waals surface area contributed by atoms with Gasteiger partial charge in [0.15, 0.2) is 6.04 Å². The highest BCUT2D eigenvalue weighted by molar-refractivity contribution is 5.95. The number of aliphatic hydroxyl groups excluding tert-OH is 2. The molecule has 31 heavy (non-hydrogen) atoms. The lowest BCUT2D eigenvalue weighted by atomic mass is 10.1. The van der Waals surface area contributed by atoms with E-state index in [4.69, 9.17) is 21.1 Å². The van der Waals surface area contributed by atoms with E-state index in [2.05, 4.69) is 0 Å². The van der Waals surface area contributed by atoms with Crippen molar-refractivity contribution in [2.45, 2.75) is 56.5 Å². The second kappa shape index (κ2) is 13.1. The van der Waals surface area contributed by atoms with Crippen LogP contribution in [0.4, 0.5) is 0 Å². The van der Waals surface area contributed by atoms with Gasteiger partial charge in [0.25, 0.3) is 0 Å². The first-order valence-corrected chi connectivity index (χ1v) is 8.92. The summed E-state index contributed by atoms with van der Waals surface area (Å²) in [5.41, 5.74) is 5.49. The molecule has 10 N–H and O–H groups in total. The molecule has 0 aromatic rings. The Hall–Kier alpha value is -3.30. The number of carbonyl (C=O) groups excluding carboxylic acids is 3. The average molecular weight is 450 g/mol. The normalized spacial score (nSPS) is 15.5. The molecule has 0 radical (unpaired) electrons. The number of carboxylic acids is 3. The molecule has 0 heterocycles. The minimum Gasteiger partial charge on any atom is -0.481 e. The van der Waals surface area contributed by atoms with E-state index in [1.54, 1.807) is 0 Å². The summed E-state index contributed by atoms with van der Waals surface area (Å²) in [7, 11) is 0. The highest BCUT2D eigenvalue weighted by Crippen LogP contribution is 2.01. The van der Waals surface area contributed by atoms with Crippen LogP contribution < -0.4 is 21.7 Å². The summed E-state index contributed by atoms with van der Waals surface area (Å²) < 4.78 is 0. The quantitative estimate of drug-likeness (QED) is 0.121. The monoisotopic (exact) mass is 450 g/mol. The number of hydrogen-bond acceptors (Lipinski definition) is 9. The molecular weight excluding hydrogens is 424 g/mol. The molecule has 0 fully saturated rings. The predicted octanol–water partition coefficient (Wildman–Crippen LogP) is -4.43. The first-order valence-electron chi connectivity index (χ1n) is 8.92. The lowest BCUT2D eigenvalue weighted by Gasteiger charge is -2.24. The van der Waals surface area contributed by atoms with Gasteiger partial charge in [-0.3, -0.25) is 24.0 Å². The van der Waals surface area contributed by atoms with Gasteiger partial charge in [0.2, 0.25) is 17.7 Å². The molecule has 0 saturated carbocycles. The van der Waals surface area contributed by atoms with E-state index in [1.807, 2.05) is 16.0 Å². The van der Waals surface area contributed by atoms with Crippen molar-refractivity contribution in [3.05, 3.63) is 0 Å². The lowest BCUT2D eigenvalue weighted by Crippen LogP contribution is -2.59. The van der Waals surface area contributed by atoms with Crippen molar-refractivity contribution >= 4 is 35.6 Å². The molecule has 0 spiro atoms. The first kappa shape index (κ1) is 27.7. The molecule has 3 amide bonds. The Morgan fingerprint density at radius 2 is 1.35 bits per heavy atom. The summed E-state index contributed by atoms with van der Waals surface area (Å²) in [5, 5.41) is 51.1. The van der Waals surface area contributed by atoms with Gasteiger partial charge in [0.05, 0.1) is 25.2 Å². The average Bonchev–Trinajstić information content (AvgIpc) is 2.66. The van der Waals surface area contributed by atoms with Gasteiger partial charge in [-0.1, -0.05) is 0 Å². The SMILES string of the molecule is CC(O)C(NC(=O)C(CO)NC(=O)C(CC(=O)O)NC(=O)C(N)CCC(=O)O)C(=O)O. The van der Waals surface area contributed by atoms with Crippen LogP contribution in [0.1, 0.15) is 26.2 Å². The number of hydrogen-bond donors (Lipinski definition) is 9. The number of aliphatic carboxylic acids is 3. The van der Waals surface area contributed by atoms with E-state index < -0.39 is 85.3 Å². The molecule has 15 nitrogen and oxygen atoms in total. The Morgan fingerprint density at radius 1 is 0.839 bits per heavy atom. The number of amides is 3. The fraction of sp³-hybridized carbons (Fsp3) is 0.625. The molecule has 0 aliphatic heterocycles. The topological polar surface area (TPSA) is 266 Å². The van der Waals surface area contributed by atoms with Gasteiger partial charge in [0, 0.05) is 6.42 Å². The molecule has 0 aromatic heterocycles. The molecule has 0 saturated heterocycles. The van der Waals surface area contributed by atoms with Crippen LogP contribution in [-0.4, -0.2) is 98.0 Å². The van der Waals surface area contributed by atoms with Gasteiger partial charge in [0.1, 0.15) is 12.1 Å². The maximum absolute atomic E-state index is 12.3. The van der Waals surface area contributed by atoms with Crippen LogP contribution in [0.2, 0.25) is 0 Å². The summed E-state index contributed by atoms with van der Waals surface area (Å²) in [4.78, 5) is 69.1. The van der Waals surface area contributed by atoms with Gasteiger partial charge in [-0.25, -0.2) is 4.79 Å². The predicted molar refractivity (Wildman–Crippen MR) is 99.3 cm³/mol. The van der Waals surface area contributed by atoms with Crippen LogP contribution in [0, 0.1) is 0 Å². The molecule has 0 aromatic carbocycles. The van der Waals surface area contributed by atoms with E-state index in [9.17, 15) is 39.0 Å². The van der Waals surface area contributed by atoms with Gasteiger partial charge < -0.3 is 47.2 Å². The van der Waals surface area contributed by atoms with Crippen molar-refractivity contribution in [1.82, 2.24) is 16.0 Å². The standard InChI is InChI=1S/C16H26N4O11/c1-6(22)12(16(30)31)20-15(29)9(5-21)19-14(28)8(4-11(25)26)18-13(27)7(17)2-3-10(23)24/h6-9,12,21-22H,2-5,17H2,1H3,(H,18,27)(H,19,28)(H,20,29)(H,23,24)(H,25,26)(H,30,31). The molecule has 5 unspecified atom stereocenters. The highest BCUT2D eigenvalue weighted by Gasteiger charge is 2.32. The molecule has 0 bridgehead atoms. The second-order valence-electron chi connectivity index (χ2n) is 6.51. The summed E-state index contributed by atoms with van der Waals surface area (Å²) in [6.45, 7) is 0.0627. The molecule has 0 rings (SSSR count). The maximum atomic E-state index is 12.3. The summed E-state index contributed by atoms with van der Waals surface area (Å²) in [6.07, 6.45) is -3.19. The fourth-order valence-corrected chi connectivity index (χ4v) is 2.18. The lowest BCUT2D eigenvalue weighted by molar-refractivity contribution is -0.146. The number of carbonyl (C=O) groups is 6. The number of nitrogens with two attached hydrogens (primary N) is 1. The fourth-order valence-electron chi connectivity index (χ4n) is 2.18. The molecular formula is C16H26N4O11. The van der Waals surface area contributed by atoms with Crippen LogP contribution in [0.15, 0.2) is 0 Å². The van der Waals surface area contributed by atoms with Crippen molar-refractivity contribution in [3.8, 4) is 0 Å². The highest BCUT2D eigenvalue weighted by atomic mass is 16.4. The van der Waals surface area contributed by atoms with E-state index in [-0.39, 0.29) is 6.42 Å². The first-order chi connectivity index (χ1) is 14.3. The Bertz CT molecular complexity index is 697. The number of carboxylic acid groups (broad SMARTS) is 3. The Labute approximate surface area is 175 Å². The van der Waals surface area contributed by atoms with Crippen LogP contribution in [0.25, 0.3) is 0 Å². The van der Waals surface area contributed by atoms with Crippen molar-refractivity contribution in [2.75, 3.05) is 6.61 Å². The third-order valence-corrected chi connectivity index (χ3v) is 3.88. The van der Waals surface area contributed by atoms with Gasteiger partial charge in [-0.05, 0) is 13.3 Å². The summed E-state index contributed by atoms with van der Waals surface area (Å²) in [5.74, 6) is -7.74. The van der Waals surface area contributed by atoms with Crippen LogP contribution in [-0.2, 0) is 28.8 Å². The van der Waals surface area contributed by atoms with Crippen molar-refractivity contribution in [2.24, 2.45) is 5.73 Å². The van der Waals surface area contributed by atoms with E-state index >= 15 is 0 Å². The van der Waals surface area contributed by atoms with Gasteiger partial charge in [-0.2, -0.15) is 0 Å². The molecule has 5 atom stereocenters. The van der Waals surface area contributed by atoms with Crippen LogP contribution >= 0.6 is 0 Å².